The number of hydrogen-bond donors (Lipinski definition) is 1. The van der Waals surface area contributed by atoms with Gasteiger partial charge in [0.15, 0.2) is 0 Å². The second-order valence-electron chi connectivity index (χ2n) is 3.90. The number of allylic oxidation sites excluding steroid dienone is 1. The summed E-state index contributed by atoms with van der Waals surface area (Å²) in [4.78, 5) is 17.6. The summed E-state index contributed by atoms with van der Waals surface area (Å²) in [5.74, 6) is 0. The topological polar surface area (TPSA) is 57.2 Å². The van der Waals surface area contributed by atoms with Crippen molar-refractivity contribution >= 4 is 22.8 Å². The molecule has 0 saturated carbocycles. The quantitative estimate of drug-likeness (QED) is 0.813. The van der Waals surface area contributed by atoms with Crippen LogP contribution in [0.3, 0.4) is 0 Å². The minimum atomic E-state index is 0.837. The highest BCUT2D eigenvalue weighted by molar-refractivity contribution is 6.13. The zero-order chi connectivity index (χ0) is 12.3. The maximum atomic E-state index is 4.33. The normalized spacial score (nSPS) is 12.5. The van der Waals surface area contributed by atoms with Crippen molar-refractivity contribution in [3.8, 4) is 0 Å². The SMILES string of the molecule is C/N=C\C(=C\N(C)C)c1ncnc2[nH]ccc12. The van der Waals surface area contributed by atoms with E-state index >= 15 is 0 Å². The fraction of sp³-hybridized carbons (Fsp3) is 0.250. The Kier molecular flexibility index (Phi) is 3.18. The van der Waals surface area contributed by atoms with Crippen molar-refractivity contribution in [2.24, 2.45) is 4.99 Å². The predicted molar refractivity (Wildman–Crippen MR) is 70.0 cm³/mol. The van der Waals surface area contributed by atoms with Gasteiger partial charge in [0.2, 0.25) is 0 Å². The first-order valence-electron chi connectivity index (χ1n) is 5.31. The smallest absolute Gasteiger partial charge is 0.141 e. The Balaban J connectivity index is 2.60. The van der Waals surface area contributed by atoms with E-state index < -0.39 is 0 Å². The van der Waals surface area contributed by atoms with E-state index in [-0.39, 0.29) is 0 Å². The summed E-state index contributed by atoms with van der Waals surface area (Å²) in [5.41, 5.74) is 2.68. The van der Waals surface area contributed by atoms with Gasteiger partial charge in [-0.1, -0.05) is 0 Å². The highest BCUT2D eigenvalue weighted by Crippen LogP contribution is 2.19. The lowest BCUT2D eigenvalue weighted by Gasteiger charge is -2.08. The van der Waals surface area contributed by atoms with E-state index in [4.69, 9.17) is 0 Å². The van der Waals surface area contributed by atoms with E-state index in [0.717, 1.165) is 22.3 Å². The van der Waals surface area contributed by atoms with Crippen LogP contribution in [0, 0.1) is 0 Å². The van der Waals surface area contributed by atoms with E-state index in [0.29, 0.717) is 0 Å². The third-order valence-electron chi connectivity index (χ3n) is 2.29. The molecule has 0 aromatic carbocycles. The van der Waals surface area contributed by atoms with Crippen molar-refractivity contribution in [3.63, 3.8) is 0 Å². The zero-order valence-corrected chi connectivity index (χ0v) is 10.2. The molecule has 5 nitrogen and oxygen atoms in total. The van der Waals surface area contributed by atoms with Gasteiger partial charge in [-0.15, -0.1) is 0 Å². The van der Waals surface area contributed by atoms with Gasteiger partial charge in [0.25, 0.3) is 0 Å². The Bertz CT molecular complexity index is 565. The van der Waals surface area contributed by atoms with Gasteiger partial charge < -0.3 is 9.88 Å². The van der Waals surface area contributed by atoms with Crippen LogP contribution in [-0.4, -0.2) is 47.2 Å². The number of nitrogens with zero attached hydrogens (tertiary/aromatic N) is 4. The predicted octanol–water partition coefficient (Wildman–Crippen LogP) is 1.56. The van der Waals surface area contributed by atoms with Gasteiger partial charge in [-0.3, -0.25) is 4.99 Å². The lowest BCUT2D eigenvalue weighted by Crippen LogP contribution is -2.04. The van der Waals surface area contributed by atoms with Crippen LogP contribution in [0.5, 0.6) is 0 Å². The molecule has 1 N–H and O–H groups in total. The molecule has 0 aliphatic heterocycles. The molecule has 0 saturated heterocycles. The summed E-state index contributed by atoms with van der Waals surface area (Å²) >= 11 is 0. The number of fused-ring (bicyclic) bond motifs is 1. The monoisotopic (exact) mass is 229 g/mol. The molecule has 5 heteroatoms. The van der Waals surface area contributed by atoms with Crippen molar-refractivity contribution < 1.29 is 0 Å². The molecule has 0 radical (unpaired) electrons. The molecule has 0 aliphatic rings. The van der Waals surface area contributed by atoms with Crippen molar-refractivity contribution in [2.75, 3.05) is 21.1 Å². The van der Waals surface area contributed by atoms with Crippen molar-refractivity contribution in [2.45, 2.75) is 0 Å². The molecule has 0 fully saturated rings. The maximum absolute atomic E-state index is 4.33. The summed E-state index contributed by atoms with van der Waals surface area (Å²) in [6, 6.07) is 1.97. The molecule has 2 rings (SSSR count). The maximum Gasteiger partial charge on any atom is 0.141 e. The van der Waals surface area contributed by atoms with E-state index in [1.165, 1.54) is 0 Å². The van der Waals surface area contributed by atoms with Gasteiger partial charge >= 0.3 is 0 Å². The highest BCUT2D eigenvalue weighted by atomic mass is 15.0. The number of nitrogens with one attached hydrogen (secondary N) is 1. The first kappa shape index (κ1) is 11.3. The van der Waals surface area contributed by atoms with Crippen LogP contribution in [0.1, 0.15) is 5.69 Å². The lowest BCUT2D eigenvalue weighted by atomic mass is 10.1. The lowest BCUT2D eigenvalue weighted by molar-refractivity contribution is 0.566. The molecule has 2 aromatic rings. The van der Waals surface area contributed by atoms with E-state index in [1.807, 2.05) is 37.5 Å². The summed E-state index contributed by atoms with van der Waals surface area (Å²) in [6.45, 7) is 0. The standard InChI is InChI=1S/C12H15N5/c1-13-6-9(7-17(2)3)11-10-4-5-14-12(10)16-8-15-11/h4-8H,1-3H3,(H,14,15,16)/b9-7-,13-6-. The van der Waals surface area contributed by atoms with Gasteiger partial charge in [-0.05, 0) is 6.07 Å². The van der Waals surface area contributed by atoms with Crippen LogP contribution in [0.2, 0.25) is 0 Å². The zero-order valence-electron chi connectivity index (χ0n) is 10.2. The average molecular weight is 229 g/mol. The number of aromatic nitrogens is 3. The molecule has 0 aliphatic carbocycles. The summed E-state index contributed by atoms with van der Waals surface area (Å²) in [6.07, 6.45) is 7.21. The first-order chi connectivity index (χ1) is 8.22. The van der Waals surface area contributed by atoms with Crippen LogP contribution in [0.25, 0.3) is 16.6 Å². The van der Waals surface area contributed by atoms with Gasteiger partial charge in [0.05, 0.1) is 5.69 Å². The average Bonchev–Trinajstić information content (AvgIpc) is 2.75. The second kappa shape index (κ2) is 4.78. The minimum absolute atomic E-state index is 0.837. The summed E-state index contributed by atoms with van der Waals surface area (Å²) in [7, 11) is 5.69. The molecular weight excluding hydrogens is 214 g/mol. The van der Waals surface area contributed by atoms with Gasteiger partial charge in [0.1, 0.15) is 12.0 Å². The molecule has 0 unspecified atom stereocenters. The van der Waals surface area contributed by atoms with Crippen LogP contribution < -0.4 is 0 Å². The number of rotatable bonds is 3. The van der Waals surface area contributed by atoms with E-state index in [9.17, 15) is 0 Å². The molecule has 2 heterocycles. The first-order valence-corrected chi connectivity index (χ1v) is 5.31. The number of hydrogen-bond acceptors (Lipinski definition) is 4. The Morgan fingerprint density at radius 1 is 1.41 bits per heavy atom. The number of aliphatic imine (C=N–C) groups is 1. The minimum Gasteiger partial charge on any atom is -0.383 e. The molecule has 2 aromatic heterocycles. The van der Waals surface area contributed by atoms with Gasteiger partial charge in [-0.2, -0.15) is 0 Å². The Morgan fingerprint density at radius 2 is 2.24 bits per heavy atom. The van der Waals surface area contributed by atoms with Crippen LogP contribution in [0.4, 0.5) is 0 Å². The molecule has 0 bridgehead atoms. The largest absolute Gasteiger partial charge is 0.383 e. The van der Waals surface area contributed by atoms with Crippen LogP contribution >= 0.6 is 0 Å². The second-order valence-corrected chi connectivity index (χ2v) is 3.90. The van der Waals surface area contributed by atoms with Gasteiger partial charge in [-0.25, -0.2) is 9.97 Å². The number of H-pyrrole nitrogens is 1. The van der Waals surface area contributed by atoms with E-state index in [1.54, 1.807) is 19.6 Å². The number of aromatic amines is 1. The molecule has 0 spiro atoms. The third kappa shape index (κ3) is 2.33. The molecule has 88 valence electrons. The molecule has 0 amide bonds. The highest BCUT2D eigenvalue weighted by Gasteiger charge is 2.08. The Hall–Kier alpha value is -2.17. The van der Waals surface area contributed by atoms with Crippen molar-refractivity contribution in [1.82, 2.24) is 19.9 Å². The molecular formula is C12H15N5. The molecule has 17 heavy (non-hydrogen) atoms. The van der Waals surface area contributed by atoms with Crippen LogP contribution in [0.15, 0.2) is 29.8 Å². The Labute approximate surface area is 99.9 Å². The van der Waals surface area contributed by atoms with Crippen molar-refractivity contribution in [3.05, 3.63) is 30.5 Å². The fourth-order valence-corrected chi connectivity index (χ4v) is 1.68. The van der Waals surface area contributed by atoms with Gasteiger partial charge in [0, 0.05) is 50.7 Å². The summed E-state index contributed by atoms with van der Waals surface area (Å²) < 4.78 is 0. The third-order valence-corrected chi connectivity index (χ3v) is 2.29. The van der Waals surface area contributed by atoms with Crippen molar-refractivity contribution in [1.29, 1.82) is 0 Å². The summed E-state index contributed by atoms with van der Waals surface area (Å²) in [5, 5.41) is 1.00. The van der Waals surface area contributed by atoms with E-state index in [2.05, 4.69) is 19.9 Å². The van der Waals surface area contributed by atoms with Crippen LogP contribution in [-0.2, 0) is 0 Å². The molecule has 0 atom stereocenters. The fourth-order valence-electron chi connectivity index (χ4n) is 1.68. The Morgan fingerprint density at radius 3 is 2.94 bits per heavy atom.